The highest BCUT2D eigenvalue weighted by Gasteiger charge is 2.39. The van der Waals surface area contributed by atoms with E-state index in [-0.39, 0.29) is 23.9 Å². The molecule has 0 spiro atoms. The molecule has 29 heavy (non-hydrogen) atoms. The van der Waals surface area contributed by atoms with Crippen LogP contribution in [0.2, 0.25) is 0 Å². The van der Waals surface area contributed by atoms with E-state index >= 15 is 0 Å². The molecule has 2 aliphatic rings. The molecular formula is C24H30N3O2+. The second-order valence-electron chi connectivity index (χ2n) is 8.47. The third-order valence-electron chi connectivity index (χ3n) is 6.18. The Labute approximate surface area is 172 Å². The Morgan fingerprint density at radius 1 is 1.07 bits per heavy atom. The molecule has 0 bridgehead atoms. The summed E-state index contributed by atoms with van der Waals surface area (Å²) in [7, 11) is 0. The molecule has 2 atom stereocenters. The highest BCUT2D eigenvalue weighted by Crippen LogP contribution is 2.23. The maximum atomic E-state index is 13.2. The lowest BCUT2D eigenvalue weighted by Crippen LogP contribution is -2.93. The normalized spacial score (nSPS) is 21.1. The van der Waals surface area contributed by atoms with Crippen molar-refractivity contribution in [2.45, 2.75) is 57.7 Å². The second-order valence-corrected chi connectivity index (χ2v) is 8.47. The van der Waals surface area contributed by atoms with Gasteiger partial charge < -0.3 is 15.5 Å². The molecule has 0 aromatic heterocycles. The molecule has 4 rings (SSSR count). The number of fused-ring (bicyclic) bond motifs is 1. The lowest BCUT2D eigenvalue weighted by molar-refractivity contribution is -0.695. The van der Waals surface area contributed by atoms with Crippen LogP contribution >= 0.6 is 0 Å². The molecule has 2 heterocycles. The summed E-state index contributed by atoms with van der Waals surface area (Å²) >= 11 is 0. The van der Waals surface area contributed by atoms with E-state index < -0.39 is 0 Å². The van der Waals surface area contributed by atoms with Crippen molar-refractivity contribution >= 4 is 17.5 Å². The lowest BCUT2D eigenvalue weighted by Gasteiger charge is -2.29. The van der Waals surface area contributed by atoms with Crippen molar-refractivity contribution in [2.75, 3.05) is 11.9 Å². The fourth-order valence-corrected chi connectivity index (χ4v) is 4.43. The van der Waals surface area contributed by atoms with Gasteiger partial charge in [0.1, 0.15) is 12.6 Å². The molecule has 152 valence electrons. The van der Waals surface area contributed by atoms with Gasteiger partial charge in [-0.15, -0.1) is 0 Å². The summed E-state index contributed by atoms with van der Waals surface area (Å²) in [6.07, 6.45) is 2.33. The smallest absolute Gasteiger partial charge is 0.281 e. The molecule has 2 aromatic carbocycles. The topological polar surface area (TPSA) is 66.0 Å². The summed E-state index contributed by atoms with van der Waals surface area (Å²) in [5, 5.41) is 5.12. The van der Waals surface area contributed by atoms with Gasteiger partial charge in [0.15, 0.2) is 6.04 Å². The zero-order valence-electron chi connectivity index (χ0n) is 17.2. The predicted molar refractivity (Wildman–Crippen MR) is 113 cm³/mol. The first-order valence-corrected chi connectivity index (χ1v) is 10.6. The molecule has 2 aromatic rings. The molecule has 5 nitrogen and oxygen atoms in total. The standard InChI is InChI=1S/C24H29N3O2/c1-16(2)17-9-11-20(12-10-17)26-23(28)22-8-5-13-27(22)24(29)21-14-18-6-3-4-7-19(18)15-25-21/h3-4,6-7,9-12,16,21-22,25H,5,8,13-15H2,1-2H3,(H,26,28)/p+1/t21-,22-/m0/s1. The number of nitrogens with one attached hydrogen (secondary N) is 1. The number of benzene rings is 2. The molecule has 2 aliphatic heterocycles. The predicted octanol–water partition coefficient (Wildman–Crippen LogP) is 2.43. The number of nitrogens with two attached hydrogens (primary N) is 1. The van der Waals surface area contributed by atoms with Crippen LogP contribution in [0.1, 0.15) is 49.3 Å². The van der Waals surface area contributed by atoms with Crippen molar-refractivity contribution in [2.24, 2.45) is 0 Å². The summed E-state index contributed by atoms with van der Waals surface area (Å²) < 4.78 is 0. The van der Waals surface area contributed by atoms with Crippen molar-refractivity contribution in [3.05, 3.63) is 65.2 Å². The number of carbonyl (C=O) groups is 2. The van der Waals surface area contributed by atoms with Gasteiger partial charge in [0.05, 0.1) is 0 Å². The van der Waals surface area contributed by atoms with E-state index in [1.165, 1.54) is 16.7 Å². The van der Waals surface area contributed by atoms with Gasteiger partial charge in [-0.1, -0.05) is 50.2 Å². The zero-order valence-corrected chi connectivity index (χ0v) is 17.2. The molecular weight excluding hydrogens is 362 g/mol. The highest BCUT2D eigenvalue weighted by molar-refractivity contribution is 5.98. The number of hydrogen-bond donors (Lipinski definition) is 2. The van der Waals surface area contributed by atoms with Crippen LogP contribution in [0, 0.1) is 0 Å². The molecule has 2 amide bonds. The van der Waals surface area contributed by atoms with Gasteiger partial charge >= 0.3 is 0 Å². The maximum Gasteiger partial charge on any atom is 0.281 e. The Morgan fingerprint density at radius 2 is 1.79 bits per heavy atom. The SMILES string of the molecule is CC(C)c1ccc(NC(=O)[C@@H]2CCCN2C(=O)[C@@H]2Cc3ccccc3C[NH2+]2)cc1. The summed E-state index contributed by atoms with van der Waals surface area (Å²) in [6.45, 7) is 5.78. The van der Waals surface area contributed by atoms with Gasteiger partial charge in [0, 0.05) is 24.2 Å². The minimum atomic E-state index is -0.377. The number of amides is 2. The molecule has 1 saturated heterocycles. The van der Waals surface area contributed by atoms with E-state index in [0.717, 1.165) is 31.5 Å². The first-order valence-electron chi connectivity index (χ1n) is 10.6. The molecule has 1 fully saturated rings. The van der Waals surface area contributed by atoms with Gasteiger partial charge in [-0.3, -0.25) is 9.59 Å². The molecule has 0 aliphatic carbocycles. The van der Waals surface area contributed by atoms with Gasteiger partial charge in [-0.25, -0.2) is 0 Å². The largest absolute Gasteiger partial charge is 0.332 e. The number of rotatable bonds is 4. The van der Waals surface area contributed by atoms with Crippen molar-refractivity contribution in [3.63, 3.8) is 0 Å². The van der Waals surface area contributed by atoms with E-state index in [4.69, 9.17) is 0 Å². The molecule has 0 unspecified atom stereocenters. The molecule has 0 saturated carbocycles. The zero-order chi connectivity index (χ0) is 20.4. The Hall–Kier alpha value is -2.66. The molecule has 0 radical (unpaired) electrons. The fourth-order valence-electron chi connectivity index (χ4n) is 4.43. The van der Waals surface area contributed by atoms with Crippen LogP contribution in [0.3, 0.4) is 0 Å². The third kappa shape index (κ3) is 4.20. The Morgan fingerprint density at radius 3 is 2.52 bits per heavy atom. The average Bonchev–Trinajstić information content (AvgIpc) is 3.23. The Balaban J connectivity index is 1.42. The first kappa shape index (κ1) is 19.6. The van der Waals surface area contributed by atoms with Crippen LogP contribution in [0.5, 0.6) is 0 Å². The van der Waals surface area contributed by atoms with E-state index in [1.54, 1.807) is 4.90 Å². The number of carbonyl (C=O) groups excluding carboxylic acids is 2. The second kappa shape index (κ2) is 8.37. The molecule has 3 N–H and O–H groups in total. The van der Waals surface area contributed by atoms with Crippen LogP contribution in [-0.4, -0.2) is 35.3 Å². The molecule has 5 heteroatoms. The van der Waals surface area contributed by atoms with Crippen LogP contribution in [0.25, 0.3) is 0 Å². The third-order valence-corrected chi connectivity index (χ3v) is 6.18. The number of anilines is 1. The summed E-state index contributed by atoms with van der Waals surface area (Å²) in [6, 6.07) is 15.8. The van der Waals surface area contributed by atoms with Gasteiger partial charge in [-0.05, 0) is 42.0 Å². The van der Waals surface area contributed by atoms with E-state index in [1.807, 2.05) is 36.4 Å². The van der Waals surface area contributed by atoms with Crippen molar-refractivity contribution in [1.29, 1.82) is 0 Å². The fraction of sp³-hybridized carbons (Fsp3) is 0.417. The quantitative estimate of drug-likeness (QED) is 0.839. The van der Waals surface area contributed by atoms with Crippen LogP contribution in [0.15, 0.2) is 48.5 Å². The highest BCUT2D eigenvalue weighted by atomic mass is 16.2. The number of nitrogens with zero attached hydrogens (tertiary/aromatic N) is 1. The Bertz CT molecular complexity index is 891. The van der Waals surface area contributed by atoms with Crippen LogP contribution in [-0.2, 0) is 22.6 Å². The monoisotopic (exact) mass is 392 g/mol. The van der Waals surface area contributed by atoms with Gasteiger partial charge in [0.2, 0.25) is 5.91 Å². The summed E-state index contributed by atoms with van der Waals surface area (Å²) in [4.78, 5) is 27.9. The van der Waals surface area contributed by atoms with Crippen LogP contribution < -0.4 is 10.6 Å². The van der Waals surface area contributed by atoms with Gasteiger partial charge in [-0.2, -0.15) is 0 Å². The first-order chi connectivity index (χ1) is 14.0. The summed E-state index contributed by atoms with van der Waals surface area (Å²) in [5.41, 5.74) is 4.58. The Kier molecular flexibility index (Phi) is 5.67. The van der Waals surface area contributed by atoms with Crippen molar-refractivity contribution < 1.29 is 14.9 Å². The van der Waals surface area contributed by atoms with Crippen LogP contribution in [0.4, 0.5) is 5.69 Å². The average molecular weight is 393 g/mol. The van der Waals surface area contributed by atoms with E-state index in [9.17, 15) is 9.59 Å². The lowest BCUT2D eigenvalue weighted by atomic mass is 9.95. The van der Waals surface area contributed by atoms with Crippen molar-refractivity contribution in [1.82, 2.24) is 4.90 Å². The van der Waals surface area contributed by atoms with Gasteiger partial charge in [0.25, 0.3) is 5.91 Å². The maximum absolute atomic E-state index is 13.2. The minimum Gasteiger partial charge on any atom is -0.332 e. The van der Waals surface area contributed by atoms with Crippen molar-refractivity contribution in [3.8, 4) is 0 Å². The van der Waals surface area contributed by atoms with E-state index in [2.05, 4.69) is 36.6 Å². The van der Waals surface area contributed by atoms with E-state index in [0.29, 0.717) is 12.5 Å². The number of hydrogen-bond acceptors (Lipinski definition) is 2. The summed E-state index contributed by atoms with van der Waals surface area (Å²) in [5.74, 6) is 0.469. The minimum absolute atomic E-state index is 0.0793. The number of quaternary nitrogens is 1. The number of likely N-dealkylation sites (tertiary alicyclic amines) is 1.